The number of ether oxygens (including phenoxy) is 3. The lowest BCUT2D eigenvalue weighted by atomic mass is 10.1. The van der Waals surface area contributed by atoms with Crippen LogP contribution in [0.3, 0.4) is 0 Å². The van der Waals surface area contributed by atoms with Crippen LogP contribution in [0.5, 0.6) is 17.2 Å². The molecule has 3 rings (SSSR count). The van der Waals surface area contributed by atoms with Crippen LogP contribution in [-0.4, -0.2) is 18.5 Å². The van der Waals surface area contributed by atoms with Crippen LogP contribution in [-0.2, 0) is 4.79 Å². The Morgan fingerprint density at radius 2 is 1.63 bits per heavy atom. The summed E-state index contributed by atoms with van der Waals surface area (Å²) in [5.74, 6) is -1.89. The average molecular weight is 477 g/mol. The smallest absolute Gasteiger partial charge is 0.383 e. The second-order valence-corrected chi connectivity index (χ2v) is 8.21. The van der Waals surface area contributed by atoms with Crippen molar-refractivity contribution in [3.8, 4) is 17.2 Å². The molecule has 0 atom stereocenters. The Balaban J connectivity index is 1.95. The van der Waals surface area contributed by atoms with Crippen LogP contribution in [0, 0.1) is 0 Å². The summed E-state index contributed by atoms with van der Waals surface area (Å²) < 4.78 is 21.9. The van der Waals surface area contributed by atoms with E-state index in [0.29, 0.717) is 5.75 Å². The first-order valence-electron chi connectivity index (χ1n) is 11.2. The monoisotopic (exact) mass is 476 g/mol. The first-order valence-corrected chi connectivity index (χ1v) is 11.2. The van der Waals surface area contributed by atoms with Crippen molar-refractivity contribution in [2.24, 2.45) is 0 Å². The Bertz CT molecular complexity index is 1330. The molecule has 182 valence electrons. The van der Waals surface area contributed by atoms with Gasteiger partial charge in [0.2, 0.25) is 0 Å². The van der Waals surface area contributed by atoms with Crippen LogP contribution in [0.25, 0.3) is 11.0 Å². The Labute approximate surface area is 203 Å². The normalized spacial score (nSPS) is 11.1. The minimum absolute atomic E-state index is 0.0832. The molecule has 0 unspecified atom stereocenters. The molecule has 0 radical (unpaired) electrons. The third kappa shape index (κ3) is 6.93. The zero-order valence-corrected chi connectivity index (χ0v) is 20.3. The number of para-hydroxylation sites is 1. The molecule has 7 heteroatoms. The van der Waals surface area contributed by atoms with Crippen LogP contribution < -0.4 is 19.8 Å². The summed E-state index contributed by atoms with van der Waals surface area (Å²) in [5.41, 5.74) is 1.83. The van der Waals surface area contributed by atoms with Gasteiger partial charge in [-0.15, -0.1) is 0 Å². The van der Waals surface area contributed by atoms with Crippen molar-refractivity contribution in [2.45, 2.75) is 40.5 Å². The highest BCUT2D eigenvalue weighted by atomic mass is 16.6. The van der Waals surface area contributed by atoms with Gasteiger partial charge in [0.1, 0.15) is 6.61 Å². The second kappa shape index (κ2) is 11.8. The van der Waals surface area contributed by atoms with E-state index in [-0.39, 0.29) is 28.9 Å². The molecule has 0 spiro atoms. The molecule has 1 heterocycles. The summed E-state index contributed by atoms with van der Waals surface area (Å²) >= 11 is 0. The van der Waals surface area contributed by atoms with E-state index in [1.807, 2.05) is 13.0 Å². The molecule has 0 fully saturated rings. The maximum Gasteiger partial charge on any atom is 0.383 e. The SMILES string of the molecule is CC(=O)Oc1c(OC(=O)c2ccccc2)c2cccc(OC/C=C(\C)CCC=C(C)C)c2oc1=O. The highest BCUT2D eigenvalue weighted by molar-refractivity contribution is 5.97. The summed E-state index contributed by atoms with van der Waals surface area (Å²) in [6.45, 7) is 7.55. The molecule has 35 heavy (non-hydrogen) atoms. The summed E-state index contributed by atoms with van der Waals surface area (Å²) in [5, 5.41) is 0.256. The molecule has 0 N–H and O–H groups in total. The largest absolute Gasteiger partial charge is 0.486 e. The van der Waals surface area contributed by atoms with Gasteiger partial charge in [-0.2, -0.15) is 0 Å². The fourth-order valence-electron chi connectivity index (χ4n) is 3.29. The molecule has 1 aromatic heterocycles. The quantitative estimate of drug-likeness (QED) is 0.212. The minimum Gasteiger partial charge on any atom is -0.486 e. The van der Waals surface area contributed by atoms with E-state index < -0.39 is 23.3 Å². The number of esters is 2. The van der Waals surface area contributed by atoms with Crippen molar-refractivity contribution < 1.29 is 28.2 Å². The zero-order chi connectivity index (χ0) is 25.4. The van der Waals surface area contributed by atoms with Crippen molar-refractivity contribution in [1.82, 2.24) is 0 Å². The molecule has 0 saturated heterocycles. The van der Waals surface area contributed by atoms with Gasteiger partial charge < -0.3 is 18.6 Å². The molecule has 0 aliphatic heterocycles. The molecular weight excluding hydrogens is 448 g/mol. The van der Waals surface area contributed by atoms with Gasteiger partial charge in [-0.1, -0.05) is 41.5 Å². The first kappa shape index (κ1) is 25.5. The van der Waals surface area contributed by atoms with Crippen LogP contribution in [0.4, 0.5) is 0 Å². The lowest BCUT2D eigenvalue weighted by Crippen LogP contribution is -2.16. The number of hydrogen-bond acceptors (Lipinski definition) is 7. The zero-order valence-electron chi connectivity index (χ0n) is 20.3. The topological polar surface area (TPSA) is 92.0 Å². The Kier molecular flexibility index (Phi) is 8.62. The van der Waals surface area contributed by atoms with E-state index in [2.05, 4.69) is 19.9 Å². The van der Waals surface area contributed by atoms with Crippen molar-refractivity contribution in [3.63, 3.8) is 0 Å². The molecule has 0 aliphatic rings. The number of carbonyl (C=O) groups excluding carboxylic acids is 2. The molecule has 0 bridgehead atoms. The predicted octanol–water partition coefficient (Wildman–Crippen LogP) is 6.01. The summed E-state index contributed by atoms with van der Waals surface area (Å²) in [4.78, 5) is 37.1. The lowest BCUT2D eigenvalue weighted by molar-refractivity contribution is -0.132. The highest BCUT2D eigenvalue weighted by Crippen LogP contribution is 2.37. The van der Waals surface area contributed by atoms with Crippen LogP contribution in [0.2, 0.25) is 0 Å². The number of carbonyl (C=O) groups is 2. The van der Waals surface area contributed by atoms with Gasteiger partial charge in [0, 0.05) is 6.92 Å². The van der Waals surface area contributed by atoms with Crippen LogP contribution in [0.1, 0.15) is 50.9 Å². The molecule has 3 aromatic rings. The number of benzene rings is 2. The Hall–Kier alpha value is -4.13. The van der Waals surface area contributed by atoms with E-state index in [1.54, 1.807) is 48.5 Å². The van der Waals surface area contributed by atoms with Gasteiger partial charge in [0.05, 0.1) is 10.9 Å². The summed E-state index contributed by atoms with van der Waals surface area (Å²) in [6.07, 6.45) is 5.99. The van der Waals surface area contributed by atoms with Crippen molar-refractivity contribution in [1.29, 1.82) is 0 Å². The van der Waals surface area contributed by atoms with Crippen molar-refractivity contribution in [3.05, 3.63) is 87.8 Å². The number of hydrogen-bond donors (Lipinski definition) is 0. The molecular formula is C28H28O7. The molecule has 0 amide bonds. The number of fused-ring (bicyclic) bond motifs is 1. The number of rotatable bonds is 9. The summed E-state index contributed by atoms with van der Waals surface area (Å²) in [6, 6.07) is 13.2. The maximum atomic E-state index is 12.7. The van der Waals surface area contributed by atoms with Gasteiger partial charge >= 0.3 is 17.6 Å². The predicted molar refractivity (Wildman–Crippen MR) is 133 cm³/mol. The third-order valence-electron chi connectivity index (χ3n) is 5.02. The fourth-order valence-corrected chi connectivity index (χ4v) is 3.29. The van der Waals surface area contributed by atoms with E-state index in [0.717, 1.165) is 19.8 Å². The van der Waals surface area contributed by atoms with E-state index in [4.69, 9.17) is 18.6 Å². The van der Waals surface area contributed by atoms with Gasteiger partial charge in [0.15, 0.2) is 17.1 Å². The van der Waals surface area contributed by atoms with E-state index in [9.17, 15) is 14.4 Å². The summed E-state index contributed by atoms with van der Waals surface area (Å²) in [7, 11) is 0. The third-order valence-corrected chi connectivity index (χ3v) is 5.02. The molecule has 0 saturated carbocycles. The Morgan fingerprint density at radius 1 is 0.886 bits per heavy atom. The molecule has 7 nitrogen and oxygen atoms in total. The number of allylic oxidation sites excluding steroid dienone is 3. The Morgan fingerprint density at radius 3 is 2.31 bits per heavy atom. The second-order valence-electron chi connectivity index (χ2n) is 8.21. The van der Waals surface area contributed by atoms with Gasteiger partial charge in [-0.05, 0) is 64.0 Å². The highest BCUT2D eigenvalue weighted by Gasteiger charge is 2.24. The maximum absolute atomic E-state index is 12.7. The van der Waals surface area contributed by atoms with Gasteiger partial charge in [0.25, 0.3) is 5.75 Å². The van der Waals surface area contributed by atoms with Crippen molar-refractivity contribution >= 4 is 22.9 Å². The van der Waals surface area contributed by atoms with Crippen molar-refractivity contribution in [2.75, 3.05) is 6.61 Å². The van der Waals surface area contributed by atoms with Crippen LogP contribution >= 0.6 is 0 Å². The fraction of sp³-hybridized carbons (Fsp3) is 0.250. The average Bonchev–Trinajstić information content (AvgIpc) is 2.81. The van der Waals surface area contributed by atoms with Crippen LogP contribution in [0.15, 0.2) is 81.0 Å². The first-order chi connectivity index (χ1) is 16.8. The van der Waals surface area contributed by atoms with Gasteiger partial charge in [-0.3, -0.25) is 4.79 Å². The molecule has 2 aromatic carbocycles. The van der Waals surface area contributed by atoms with E-state index in [1.165, 1.54) is 11.1 Å². The lowest BCUT2D eigenvalue weighted by Gasteiger charge is -2.13. The molecule has 0 aliphatic carbocycles. The standard InChI is InChI=1S/C28H28O7/c1-18(2)10-8-11-19(3)16-17-32-23-15-9-14-22-24(23)34-28(31)26(33-20(4)29)25(22)35-27(30)21-12-6-5-7-13-21/h5-7,9-10,12-16H,8,11,17H2,1-4H3/b19-16+. The van der Waals surface area contributed by atoms with Gasteiger partial charge in [-0.25, -0.2) is 9.59 Å². The van der Waals surface area contributed by atoms with E-state index >= 15 is 0 Å². The minimum atomic E-state index is -0.965.